The Bertz CT molecular complexity index is 321. The van der Waals surface area contributed by atoms with Crippen molar-refractivity contribution < 1.29 is 0 Å². The molecule has 0 aromatic heterocycles. The highest BCUT2D eigenvalue weighted by Crippen LogP contribution is 2.13. The van der Waals surface area contributed by atoms with E-state index >= 15 is 0 Å². The van der Waals surface area contributed by atoms with Crippen molar-refractivity contribution in [3.05, 3.63) is 30.3 Å². The number of hydrazone groups is 1. The van der Waals surface area contributed by atoms with Crippen molar-refractivity contribution in [2.75, 3.05) is 12.1 Å². The Morgan fingerprint density at radius 1 is 1.31 bits per heavy atom. The monoisotopic (exact) mass is 177 g/mol. The summed E-state index contributed by atoms with van der Waals surface area (Å²) in [5, 5.41) is 7.26. The highest BCUT2D eigenvalue weighted by atomic mass is 15.9. The molecule has 5 nitrogen and oxygen atoms in total. The van der Waals surface area contributed by atoms with E-state index in [4.69, 9.17) is 5.73 Å². The molecule has 0 amide bonds. The van der Waals surface area contributed by atoms with Crippen LogP contribution in [0.15, 0.2) is 35.4 Å². The van der Waals surface area contributed by atoms with Crippen LogP contribution in [-0.2, 0) is 0 Å². The highest BCUT2D eigenvalue weighted by Gasteiger charge is 2.18. The minimum absolute atomic E-state index is 0.439. The number of guanidine groups is 1. The number of nitrogens with zero attached hydrogens (tertiary/aromatic N) is 3. The second kappa shape index (κ2) is 2.95. The number of nitrogens with one attached hydrogen (secondary N) is 1. The van der Waals surface area contributed by atoms with Crippen LogP contribution < -0.4 is 16.3 Å². The van der Waals surface area contributed by atoms with Gasteiger partial charge in [0.2, 0.25) is 5.96 Å². The quantitative estimate of drug-likeness (QED) is 0.638. The van der Waals surface area contributed by atoms with Crippen molar-refractivity contribution in [2.45, 2.75) is 0 Å². The van der Waals surface area contributed by atoms with Gasteiger partial charge in [-0.1, -0.05) is 18.2 Å². The van der Waals surface area contributed by atoms with Crippen LogP contribution in [0.5, 0.6) is 0 Å². The maximum atomic E-state index is 5.67. The Morgan fingerprint density at radius 3 is 2.54 bits per heavy atom. The third kappa shape index (κ3) is 1.41. The average Bonchev–Trinajstić information content (AvgIpc) is 2.47. The van der Waals surface area contributed by atoms with E-state index in [2.05, 4.69) is 10.6 Å². The lowest BCUT2D eigenvalue weighted by Gasteiger charge is -2.18. The van der Waals surface area contributed by atoms with Gasteiger partial charge in [0, 0.05) is 7.05 Å². The second-order valence-electron chi connectivity index (χ2n) is 2.75. The molecule has 0 radical (unpaired) electrons. The summed E-state index contributed by atoms with van der Waals surface area (Å²) >= 11 is 0. The van der Waals surface area contributed by atoms with Gasteiger partial charge in [-0.25, -0.2) is 10.1 Å². The van der Waals surface area contributed by atoms with E-state index in [0.29, 0.717) is 5.96 Å². The van der Waals surface area contributed by atoms with E-state index in [1.807, 2.05) is 30.3 Å². The van der Waals surface area contributed by atoms with E-state index in [0.717, 1.165) is 5.69 Å². The molecule has 0 atom stereocenters. The maximum absolute atomic E-state index is 5.67. The first-order chi connectivity index (χ1) is 6.27. The lowest BCUT2D eigenvalue weighted by molar-refractivity contribution is 0.280. The lowest BCUT2D eigenvalue weighted by atomic mass is 10.3. The maximum Gasteiger partial charge on any atom is 0.236 e. The molecule has 1 heterocycles. The Labute approximate surface area is 76.4 Å². The molecule has 0 saturated carbocycles. The number of hydrogen-bond donors (Lipinski definition) is 2. The van der Waals surface area contributed by atoms with Gasteiger partial charge in [-0.3, -0.25) is 0 Å². The number of anilines is 1. The van der Waals surface area contributed by atoms with Gasteiger partial charge < -0.3 is 5.73 Å². The fourth-order valence-electron chi connectivity index (χ4n) is 1.18. The SMILES string of the molecule is CN1N=C(N)N(c2ccccc2)N1. The van der Waals surface area contributed by atoms with E-state index in [-0.39, 0.29) is 0 Å². The fraction of sp³-hybridized carbons (Fsp3) is 0.125. The second-order valence-corrected chi connectivity index (χ2v) is 2.75. The molecule has 68 valence electrons. The molecular weight excluding hydrogens is 166 g/mol. The van der Waals surface area contributed by atoms with Gasteiger partial charge in [-0.05, 0) is 12.1 Å². The number of hydrazine groups is 2. The molecule has 0 spiro atoms. The van der Waals surface area contributed by atoms with Crippen molar-refractivity contribution in [2.24, 2.45) is 10.8 Å². The Morgan fingerprint density at radius 2 is 2.00 bits per heavy atom. The van der Waals surface area contributed by atoms with E-state index in [1.165, 1.54) is 0 Å². The molecule has 1 aliphatic rings. The first-order valence-corrected chi connectivity index (χ1v) is 3.96. The zero-order valence-corrected chi connectivity index (χ0v) is 7.31. The molecule has 0 bridgehead atoms. The number of nitrogens with two attached hydrogens (primary N) is 1. The molecule has 5 heteroatoms. The van der Waals surface area contributed by atoms with Crippen LogP contribution in [0.25, 0.3) is 0 Å². The van der Waals surface area contributed by atoms with Crippen molar-refractivity contribution in [1.82, 2.24) is 10.7 Å². The van der Waals surface area contributed by atoms with Crippen LogP contribution >= 0.6 is 0 Å². The van der Waals surface area contributed by atoms with Crippen LogP contribution in [0.3, 0.4) is 0 Å². The largest absolute Gasteiger partial charge is 0.367 e. The Balaban J connectivity index is 2.25. The van der Waals surface area contributed by atoms with Crippen LogP contribution in [0.4, 0.5) is 5.69 Å². The number of para-hydroxylation sites is 1. The smallest absolute Gasteiger partial charge is 0.236 e. The summed E-state index contributed by atoms with van der Waals surface area (Å²) in [5.41, 5.74) is 9.60. The molecule has 0 unspecified atom stereocenters. The van der Waals surface area contributed by atoms with Gasteiger partial charge in [-0.2, -0.15) is 0 Å². The molecule has 1 aromatic carbocycles. The van der Waals surface area contributed by atoms with Crippen LogP contribution in [0.2, 0.25) is 0 Å². The summed E-state index contributed by atoms with van der Waals surface area (Å²) in [6.45, 7) is 0. The third-order valence-electron chi connectivity index (χ3n) is 1.74. The predicted molar refractivity (Wildman–Crippen MR) is 51.4 cm³/mol. The summed E-state index contributed by atoms with van der Waals surface area (Å²) in [6.07, 6.45) is 0. The Kier molecular flexibility index (Phi) is 1.79. The topological polar surface area (TPSA) is 56.9 Å². The molecule has 13 heavy (non-hydrogen) atoms. The third-order valence-corrected chi connectivity index (χ3v) is 1.74. The number of hydrogen-bond acceptors (Lipinski definition) is 5. The highest BCUT2D eigenvalue weighted by molar-refractivity contribution is 5.94. The summed E-state index contributed by atoms with van der Waals surface area (Å²) in [7, 11) is 1.79. The first-order valence-electron chi connectivity index (χ1n) is 3.96. The Hall–Kier alpha value is -1.75. The van der Waals surface area contributed by atoms with Crippen LogP contribution in [0, 0.1) is 0 Å². The minimum atomic E-state index is 0.439. The van der Waals surface area contributed by atoms with E-state index < -0.39 is 0 Å². The molecule has 2 rings (SSSR count). The van der Waals surface area contributed by atoms with Crippen molar-refractivity contribution in [3.8, 4) is 0 Å². The summed E-state index contributed by atoms with van der Waals surface area (Å²) < 4.78 is 0. The molecule has 3 N–H and O–H groups in total. The molecular formula is C8H11N5. The molecule has 1 aromatic rings. The van der Waals surface area contributed by atoms with Gasteiger partial charge in [0.15, 0.2) is 0 Å². The zero-order chi connectivity index (χ0) is 9.26. The van der Waals surface area contributed by atoms with Crippen LogP contribution in [-0.4, -0.2) is 18.1 Å². The average molecular weight is 177 g/mol. The van der Waals surface area contributed by atoms with Gasteiger partial charge in [0.1, 0.15) is 0 Å². The van der Waals surface area contributed by atoms with Crippen LogP contribution in [0.1, 0.15) is 0 Å². The van der Waals surface area contributed by atoms with Gasteiger partial charge in [0.05, 0.1) is 5.69 Å². The molecule has 0 fully saturated rings. The summed E-state index contributed by atoms with van der Waals surface area (Å²) in [6, 6.07) is 9.75. The number of rotatable bonds is 1. The molecule has 0 saturated heterocycles. The minimum Gasteiger partial charge on any atom is -0.367 e. The van der Waals surface area contributed by atoms with E-state index in [1.54, 1.807) is 17.2 Å². The summed E-state index contributed by atoms with van der Waals surface area (Å²) in [4.78, 5) is 0. The van der Waals surface area contributed by atoms with Gasteiger partial charge >= 0.3 is 0 Å². The lowest BCUT2D eigenvalue weighted by Crippen LogP contribution is -2.44. The normalized spacial score (nSPS) is 16.2. The first kappa shape index (κ1) is 7.88. The van der Waals surface area contributed by atoms with Gasteiger partial charge in [0.25, 0.3) is 0 Å². The summed E-state index contributed by atoms with van der Waals surface area (Å²) in [5.74, 6) is 0.439. The predicted octanol–water partition coefficient (Wildman–Crippen LogP) is 0.0877. The zero-order valence-electron chi connectivity index (χ0n) is 7.31. The van der Waals surface area contributed by atoms with Gasteiger partial charge in [-0.15, -0.1) is 10.6 Å². The van der Waals surface area contributed by atoms with E-state index in [9.17, 15) is 0 Å². The van der Waals surface area contributed by atoms with Crippen molar-refractivity contribution >= 4 is 11.6 Å². The molecule has 1 aliphatic heterocycles. The van der Waals surface area contributed by atoms with Crippen molar-refractivity contribution in [1.29, 1.82) is 0 Å². The number of benzene rings is 1. The fourth-order valence-corrected chi connectivity index (χ4v) is 1.18. The standard InChI is InChI=1S/C8H11N5/c1-12-10-8(9)13(11-12)7-5-3-2-4-6-7/h2-6,11H,1H3,(H2,9,10). The van der Waals surface area contributed by atoms with Crippen molar-refractivity contribution in [3.63, 3.8) is 0 Å². The molecule has 0 aliphatic carbocycles.